The van der Waals surface area contributed by atoms with Gasteiger partial charge in [0.25, 0.3) is 5.91 Å². The number of aromatic nitrogens is 1. The molecule has 29 heavy (non-hydrogen) atoms. The van der Waals surface area contributed by atoms with E-state index in [-0.39, 0.29) is 5.91 Å². The summed E-state index contributed by atoms with van der Waals surface area (Å²) >= 11 is 0. The Hall–Kier alpha value is -3.66. The average Bonchev–Trinajstić information content (AvgIpc) is 2.75. The van der Waals surface area contributed by atoms with Gasteiger partial charge in [0.05, 0.1) is 29.1 Å². The first-order valence-electron chi connectivity index (χ1n) is 9.66. The van der Waals surface area contributed by atoms with E-state index in [0.29, 0.717) is 23.6 Å². The van der Waals surface area contributed by atoms with E-state index >= 15 is 0 Å². The molecule has 3 aromatic carbocycles. The zero-order chi connectivity index (χ0) is 20.2. The van der Waals surface area contributed by atoms with Crippen molar-refractivity contribution in [2.24, 2.45) is 0 Å². The molecular weight excluding hydrogens is 360 g/mol. The number of hydrogen-bond acceptors (Lipinski definition) is 3. The predicted octanol–water partition coefficient (Wildman–Crippen LogP) is 5.86. The van der Waals surface area contributed by atoms with Gasteiger partial charge >= 0.3 is 0 Å². The van der Waals surface area contributed by atoms with Crippen LogP contribution in [0.5, 0.6) is 5.75 Å². The fourth-order valence-corrected chi connectivity index (χ4v) is 3.40. The van der Waals surface area contributed by atoms with Gasteiger partial charge in [0, 0.05) is 10.9 Å². The molecule has 0 fully saturated rings. The van der Waals surface area contributed by atoms with Gasteiger partial charge < -0.3 is 10.1 Å². The summed E-state index contributed by atoms with van der Waals surface area (Å²) in [6.45, 7) is 4.50. The Morgan fingerprint density at radius 2 is 1.69 bits per heavy atom. The number of nitrogens with zero attached hydrogens (tertiary/aromatic N) is 1. The lowest BCUT2D eigenvalue weighted by molar-refractivity contribution is 0.102. The number of rotatable bonds is 5. The molecule has 4 nitrogen and oxygen atoms in total. The third-order valence-corrected chi connectivity index (χ3v) is 4.82. The number of ether oxygens (including phenoxy) is 1. The Bertz CT molecular complexity index is 1180. The van der Waals surface area contributed by atoms with Crippen LogP contribution in [0, 0.1) is 6.92 Å². The van der Waals surface area contributed by atoms with Crippen LogP contribution in [0.2, 0.25) is 0 Å². The van der Waals surface area contributed by atoms with Crippen molar-refractivity contribution in [2.45, 2.75) is 13.8 Å². The van der Waals surface area contributed by atoms with Crippen molar-refractivity contribution in [1.82, 2.24) is 4.98 Å². The van der Waals surface area contributed by atoms with Crippen LogP contribution in [0.25, 0.3) is 22.2 Å². The number of nitrogens with one attached hydrogen (secondary N) is 1. The van der Waals surface area contributed by atoms with Crippen LogP contribution in [0.3, 0.4) is 0 Å². The zero-order valence-electron chi connectivity index (χ0n) is 16.5. The number of aryl methyl sites for hydroxylation is 1. The second-order valence-electron chi connectivity index (χ2n) is 6.77. The van der Waals surface area contributed by atoms with Crippen LogP contribution in [0.15, 0.2) is 78.9 Å². The zero-order valence-corrected chi connectivity index (χ0v) is 16.5. The van der Waals surface area contributed by atoms with E-state index in [4.69, 9.17) is 9.72 Å². The highest BCUT2D eigenvalue weighted by Crippen LogP contribution is 2.29. The summed E-state index contributed by atoms with van der Waals surface area (Å²) in [4.78, 5) is 18.1. The highest BCUT2D eigenvalue weighted by Gasteiger charge is 2.16. The first-order valence-corrected chi connectivity index (χ1v) is 9.66. The molecule has 144 valence electrons. The maximum absolute atomic E-state index is 13.3. The highest BCUT2D eigenvalue weighted by atomic mass is 16.5. The van der Waals surface area contributed by atoms with E-state index in [1.54, 1.807) is 0 Å². The summed E-state index contributed by atoms with van der Waals surface area (Å²) in [6.07, 6.45) is 0. The standard InChI is InChI=1S/C25H22N2O2/c1-3-29-24-15-9-8-14-22(24)27-25(28)20-16-23(18-11-5-4-10-17(18)2)26-21-13-7-6-12-19(20)21/h4-16H,3H2,1-2H3,(H,27,28). The fourth-order valence-electron chi connectivity index (χ4n) is 3.40. The molecule has 0 unspecified atom stereocenters. The Morgan fingerprint density at radius 3 is 2.52 bits per heavy atom. The van der Waals surface area contributed by atoms with Gasteiger partial charge in [-0.25, -0.2) is 4.98 Å². The van der Waals surface area contributed by atoms with Crippen molar-refractivity contribution < 1.29 is 9.53 Å². The highest BCUT2D eigenvalue weighted by molar-refractivity contribution is 6.13. The fraction of sp³-hybridized carbons (Fsp3) is 0.120. The molecule has 0 aliphatic heterocycles. The second-order valence-corrected chi connectivity index (χ2v) is 6.77. The Balaban J connectivity index is 1.81. The lowest BCUT2D eigenvalue weighted by Gasteiger charge is -2.14. The van der Waals surface area contributed by atoms with Crippen LogP contribution in [0.4, 0.5) is 5.69 Å². The van der Waals surface area contributed by atoms with Crippen LogP contribution >= 0.6 is 0 Å². The lowest BCUT2D eigenvalue weighted by atomic mass is 10.0. The Morgan fingerprint density at radius 1 is 0.966 bits per heavy atom. The smallest absolute Gasteiger partial charge is 0.256 e. The molecule has 0 saturated carbocycles. The number of pyridine rings is 1. The number of benzene rings is 3. The minimum Gasteiger partial charge on any atom is -0.492 e. The normalized spacial score (nSPS) is 10.7. The van der Waals surface area contributed by atoms with Crippen molar-refractivity contribution in [3.63, 3.8) is 0 Å². The van der Waals surface area contributed by atoms with Crippen molar-refractivity contribution >= 4 is 22.5 Å². The molecule has 0 aliphatic rings. The van der Waals surface area contributed by atoms with E-state index in [0.717, 1.165) is 27.7 Å². The molecule has 4 rings (SSSR count). The average molecular weight is 382 g/mol. The molecule has 0 radical (unpaired) electrons. The maximum atomic E-state index is 13.3. The SMILES string of the molecule is CCOc1ccccc1NC(=O)c1cc(-c2ccccc2C)nc2ccccc12. The molecular formula is C25H22N2O2. The van der Waals surface area contributed by atoms with E-state index in [1.165, 1.54) is 0 Å². The molecule has 0 saturated heterocycles. The van der Waals surface area contributed by atoms with Gasteiger partial charge in [-0.15, -0.1) is 0 Å². The van der Waals surface area contributed by atoms with Gasteiger partial charge in [-0.05, 0) is 43.7 Å². The van der Waals surface area contributed by atoms with Crippen LogP contribution < -0.4 is 10.1 Å². The first kappa shape index (κ1) is 18.7. The quantitative estimate of drug-likeness (QED) is 0.470. The molecule has 1 amide bonds. The summed E-state index contributed by atoms with van der Waals surface area (Å²) in [5.74, 6) is 0.464. The number of fused-ring (bicyclic) bond motifs is 1. The number of amides is 1. The van der Waals surface area contributed by atoms with E-state index < -0.39 is 0 Å². The molecule has 0 bridgehead atoms. The molecule has 1 N–H and O–H groups in total. The number of carbonyl (C=O) groups excluding carboxylic acids is 1. The number of para-hydroxylation sites is 3. The molecule has 0 spiro atoms. The van der Waals surface area contributed by atoms with E-state index in [2.05, 4.69) is 5.32 Å². The number of anilines is 1. The number of hydrogen-bond donors (Lipinski definition) is 1. The summed E-state index contributed by atoms with van der Waals surface area (Å²) in [5, 5.41) is 3.82. The minimum absolute atomic E-state index is 0.189. The van der Waals surface area contributed by atoms with Gasteiger partial charge in [-0.2, -0.15) is 0 Å². The lowest BCUT2D eigenvalue weighted by Crippen LogP contribution is -2.14. The monoisotopic (exact) mass is 382 g/mol. The Labute approximate surface area is 170 Å². The summed E-state index contributed by atoms with van der Waals surface area (Å²) in [7, 11) is 0. The molecule has 4 heteroatoms. The minimum atomic E-state index is -0.189. The third kappa shape index (κ3) is 3.83. The van der Waals surface area contributed by atoms with Crippen LogP contribution in [0.1, 0.15) is 22.8 Å². The van der Waals surface area contributed by atoms with Gasteiger partial charge in [0.1, 0.15) is 5.75 Å². The Kier molecular flexibility index (Phi) is 5.25. The molecule has 0 atom stereocenters. The van der Waals surface area contributed by atoms with E-state index in [1.807, 2.05) is 92.7 Å². The summed E-state index contributed by atoms with van der Waals surface area (Å²) < 4.78 is 5.64. The molecule has 1 heterocycles. The second kappa shape index (κ2) is 8.15. The van der Waals surface area contributed by atoms with E-state index in [9.17, 15) is 4.79 Å². The maximum Gasteiger partial charge on any atom is 0.256 e. The van der Waals surface area contributed by atoms with Gasteiger partial charge in [-0.1, -0.05) is 54.6 Å². The predicted molar refractivity (Wildman–Crippen MR) is 117 cm³/mol. The third-order valence-electron chi connectivity index (χ3n) is 4.82. The van der Waals surface area contributed by atoms with Crippen molar-refractivity contribution in [1.29, 1.82) is 0 Å². The topological polar surface area (TPSA) is 51.2 Å². The largest absolute Gasteiger partial charge is 0.492 e. The van der Waals surface area contributed by atoms with Crippen molar-refractivity contribution in [3.05, 3.63) is 90.0 Å². The van der Waals surface area contributed by atoms with Crippen molar-refractivity contribution in [2.75, 3.05) is 11.9 Å². The molecule has 4 aromatic rings. The molecule has 1 aromatic heterocycles. The van der Waals surface area contributed by atoms with Crippen LogP contribution in [-0.4, -0.2) is 17.5 Å². The van der Waals surface area contributed by atoms with Gasteiger partial charge in [0.15, 0.2) is 0 Å². The number of carbonyl (C=O) groups is 1. The van der Waals surface area contributed by atoms with Gasteiger partial charge in [-0.3, -0.25) is 4.79 Å². The summed E-state index contributed by atoms with van der Waals surface area (Å²) in [5.41, 5.74) is 4.93. The van der Waals surface area contributed by atoms with Crippen molar-refractivity contribution in [3.8, 4) is 17.0 Å². The summed E-state index contributed by atoms with van der Waals surface area (Å²) in [6, 6.07) is 25.1. The molecule has 0 aliphatic carbocycles. The first-order chi connectivity index (χ1) is 14.2. The van der Waals surface area contributed by atoms with Gasteiger partial charge in [0.2, 0.25) is 0 Å². The van der Waals surface area contributed by atoms with Crippen LogP contribution in [-0.2, 0) is 0 Å².